The van der Waals surface area contributed by atoms with Crippen LogP contribution in [0.25, 0.3) is 0 Å². The van der Waals surface area contributed by atoms with Crippen molar-refractivity contribution in [3.05, 3.63) is 23.9 Å². The number of rotatable bonds is 4. The van der Waals surface area contributed by atoms with E-state index < -0.39 is 0 Å². The van der Waals surface area contributed by atoms with Crippen LogP contribution in [0.5, 0.6) is 0 Å². The molecule has 2 rings (SSSR count). The average Bonchev–Trinajstić information content (AvgIpc) is 2.84. The van der Waals surface area contributed by atoms with Gasteiger partial charge in [-0.1, -0.05) is 13.3 Å². The quantitative estimate of drug-likeness (QED) is 0.789. The Kier molecular flexibility index (Phi) is 2.71. The zero-order valence-corrected chi connectivity index (χ0v) is 8.96. The summed E-state index contributed by atoms with van der Waals surface area (Å²) in [4.78, 5) is 4.30. The molecule has 0 amide bonds. The Morgan fingerprint density at radius 2 is 2.43 bits per heavy atom. The molecule has 2 heteroatoms. The van der Waals surface area contributed by atoms with Crippen molar-refractivity contribution in [2.45, 2.75) is 39.2 Å². The van der Waals surface area contributed by atoms with E-state index in [0.717, 1.165) is 11.7 Å². The summed E-state index contributed by atoms with van der Waals surface area (Å²) >= 11 is 0. The molecule has 1 aliphatic rings. The van der Waals surface area contributed by atoms with E-state index in [2.05, 4.69) is 30.2 Å². The second kappa shape index (κ2) is 3.99. The molecule has 14 heavy (non-hydrogen) atoms. The summed E-state index contributed by atoms with van der Waals surface area (Å²) in [5.74, 6) is 1.93. The average molecular weight is 190 g/mol. The lowest BCUT2D eigenvalue weighted by atomic mass is 10.2. The van der Waals surface area contributed by atoms with Crippen LogP contribution in [0.1, 0.15) is 31.7 Å². The number of pyridine rings is 1. The third kappa shape index (κ3) is 2.25. The smallest absolute Gasteiger partial charge is 0.126 e. The van der Waals surface area contributed by atoms with Gasteiger partial charge < -0.3 is 5.32 Å². The third-order valence-corrected chi connectivity index (χ3v) is 2.83. The van der Waals surface area contributed by atoms with E-state index in [0.29, 0.717) is 6.04 Å². The van der Waals surface area contributed by atoms with Gasteiger partial charge >= 0.3 is 0 Å². The largest absolute Gasteiger partial charge is 0.367 e. The van der Waals surface area contributed by atoms with Gasteiger partial charge in [0.25, 0.3) is 0 Å². The van der Waals surface area contributed by atoms with E-state index in [4.69, 9.17) is 0 Å². The number of hydrogen-bond donors (Lipinski definition) is 1. The van der Waals surface area contributed by atoms with Crippen LogP contribution >= 0.6 is 0 Å². The Morgan fingerprint density at radius 3 is 3.14 bits per heavy atom. The second-order valence-electron chi connectivity index (χ2n) is 4.25. The first-order chi connectivity index (χ1) is 6.79. The predicted octanol–water partition coefficient (Wildman–Crippen LogP) is 2.99. The lowest BCUT2D eigenvalue weighted by Gasteiger charge is -2.04. The van der Waals surface area contributed by atoms with E-state index in [-0.39, 0.29) is 0 Å². The van der Waals surface area contributed by atoms with Crippen LogP contribution in [0, 0.1) is 12.8 Å². The highest BCUT2D eigenvalue weighted by Gasteiger charge is 2.35. The van der Waals surface area contributed by atoms with Crippen molar-refractivity contribution in [3.8, 4) is 0 Å². The Hall–Kier alpha value is -1.05. The Balaban J connectivity index is 1.87. The number of nitrogens with one attached hydrogen (secondary N) is 1. The lowest BCUT2D eigenvalue weighted by Crippen LogP contribution is -2.06. The number of hydrogen-bond acceptors (Lipinski definition) is 2. The summed E-state index contributed by atoms with van der Waals surface area (Å²) in [6.45, 7) is 4.35. The molecular formula is C12H18N2. The minimum absolute atomic E-state index is 0.684. The van der Waals surface area contributed by atoms with E-state index in [9.17, 15) is 0 Å². The van der Waals surface area contributed by atoms with Crippen LogP contribution in [-0.4, -0.2) is 11.0 Å². The van der Waals surface area contributed by atoms with Crippen molar-refractivity contribution >= 4 is 5.82 Å². The maximum Gasteiger partial charge on any atom is 0.126 e. The van der Waals surface area contributed by atoms with Gasteiger partial charge in [0.05, 0.1) is 0 Å². The molecule has 1 heterocycles. The van der Waals surface area contributed by atoms with Crippen LogP contribution < -0.4 is 5.32 Å². The molecule has 0 saturated heterocycles. The van der Waals surface area contributed by atoms with Gasteiger partial charge in [-0.05, 0) is 43.4 Å². The molecule has 76 valence electrons. The fourth-order valence-corrected chi connectivity index (χ4v) is 1.92. The van der Waals surface area contributed by atoms with Gasteiger partial charge in [-0.25, -0.2) is 4.98 Å². The molecule has 2 atom stereocenters. The fourth-order valence-electron chi connectivity index (χ4n) is 1.92. The molecule has 1 N–H and O–H groups in total. The summed E-state index contributed by atoms with van der Waals surface area (Å²) in [5.41, 5.74) is 1.27. The van der Waals surface area contributed by atoms with Gasteiger partial charge in [-0.3, -0.25) is 0 Å². The zero-order valence-electron chi connectivity index (χ0n) is 8.96. The van der Waals surface area contributed by atoms with Crippen molar-refractivity contribution < 1.29 is 0 Å². The van der Waals surface area contributed by atoms with Gasteiger partial charge in [0.1, 0.15) is 5.82 Å². The zero-order chi connectivity index (χ0) is 9.97. The Bertz CT molecular complexity index is 309. The number of nitrogens with zero attached hydrogens (tertiary/aromatic N) is 1. The minimum Gasteiger partial charge on any atom is -0.367 e. The topological polar surface area (TPSA) is 24.9 Å². The first kappa shape index (κ1) is 9.50. The van der Waals surface area contributed by atoms with Crippen molar-refractivity contribution in [2.75, 3.05) is 5.32 Å². The first-order valence-electron chi connectivity index (χ1n) is 5.49. The molecule has 2 unspecified atom stereocenters. The summed E-state index contributed by atoms with van der Waals surface area (Å²) in [6.07, 6.45) is 5.84. The van der Waals surface area contributed by atoms with Crippen molar-refractivity contribution in [2.24, 2.45) is 5.92 Å². The lowest BCUT2D eigenvalue weighted by molar-refractivity contribution is 0.692. The summed E-state index contributed by atoms with van der Waals surface area (Å²) in [6, 6.07) is 4.83. The number of anilines is 1. The van der Waals surface area contributed by atoms with Crippen LogP contribution in [0.4, 0.5) is 5.82 Å². The van der Waals surface area contributed by atoms with Crippen LogP contribution in [0.3, 0.4) is 0 Å². The first-order valence-corrected chi connectivity index (χ1v) is 5.49. The summed E-state index contributed by atoms with van der Waals surface area (Å²) in [7, 11) is 0. The predicted molar refractivity (Wildman–Crippen MR) is 59.4 cm³/mol. The highest BCUT2D eigenvalue weighted by molar-refractivity contribution is 5.39. The standard InChI is InChI=1S/C12H18N2/c1-3-4-10-8-11(10)14-12-7-9(2)5-6-13-12/h5-7,10-11H,3-4,8H2,1-2H3,(H,13,14). The molecule has 0 bridgehead atoms. The van der Waals surface area contributed by atoms with E-state index in [1.54, 1.807) is 0 Å². The van der Waals surface area contributed by atoms with Crippen LogP contribution in [0.15, 0.2) is 18.3 Å². The molecule has 1 saturated carbocycles. The molecule has 1 aliphatic carbocycles. The highest BCUT2D eigenvalue weighted by atomic mass is 15.0. The molecule has 0 aromatic carbocycles. The minimum atomic E-state index is 0.684. The fraction of sp³-hybridized carbons (Fsp3) is 0.583. The molecule has 1 fully saturated rings. The van der Waals surface area contributed by atoms with Gasteiger partial charge in [-0.2, -0.15) is 0 Å². The van der Waals surface area contributed by atoms with E-state index in [1.807, 2.05) is 12.3 Å². The van der Waals surface area contributed by atoms with Crippen molar-refractivity contribution in [3.63, 3.8) is 0 Å². The molecule has 0 aliphatic heterocycles. The molecular weight excluding hydrogens is 172 g/mol. The molecule has 1 aromatic heterocycles. The summed E-state index contributed by atoms with van der Waals surface area (Å²) < 4.78 is 0. The highest BCUT2D eigenvalue weighted by Crippen LogP contribution is 2.36. The van der Waals surface area contributed by atoms with Gasteiger partial charge in [0, 0.05) is 12.2 Å². The van der Waals surface area contributed by atoms with Crippen LogP contribution in [0.2, 0.25) is 0 Å². The van der Waals surface area contributed by atoms with E-state index >= 15 is 0 Å². The van der Waals surface area contributed by atoms with Gasteiger partial charge in [0.2, 0.25) is 0 Å². The SMILES string of the molecule is CCCC1CC1Nc1cc(C)ccn1. The van der Waals surface area contributed by atoms with Gasteiger partial charge in [0.15, 0.2) is 0 Å². The van der Waals surface area contributed by atoms with Crippen molar-refractivity contribution in [1.82, 2.24) is 4.98 Å². The summed E-state index contributed by atoms with van der Waals surface area (Å²) in [5, 5.41) is 3.48. The van der Waals surface area contributed by atoms with Gasteiger partial charge in [-0.15, -0.1) is 0 Å². The number of aryl methyl sites for hydroxylation is 1. The second-order valence-corrected chi connectivity index (χ2v) is 4.25. The maximum atomic E-state index is 4.30. The normalized spacial score (nSPS) is 24.7. The third-order valence-electron chi connectivity index (χ3n) is 2.83. The molecule has 2 nitrogen and oxygen atoms in total. The Morgan fingerprint density at radius 1 is 1.57 bits per heavy atom. The number of aromatic nitrogens is 1. The van der Waals surface area contributed by atoms with E-state index in [1.165, 1.54) is 24.8 Å². The molecule has 0 radical (unpaired) electrons. The van der Waals surface area contributed by atoms with Crippen LogP contribution in [-0.2, 0) is 0 Å². The monoisotopic (exact) mass is 190 g/mol. The molecule has 1 aromatic rings. The Labute approximate surface area is 85.7 Å². The molecule has 0 spiro atoms. The maximum absolute atomic E-state index is 4.30. The van der Waals surface area contributed by atoms with Crippen molar-refractivity contribution in [1.29, 1.82) is 0 Å².